The number of benzene rings is 1. The van der Waals surface area contributed by atoms with Gasteiger partial charge in [-0.3, -0.25) is 0 Å². The van der Waals surface area contributed by atoms with E-state index in [1.807, 2.05) is 0 Å². The summed E-state index contributed by atoms with van der Waals surface area (Å²) in [5.41, 5.74) is 0. The van der Waals surface area contributed by atoms with Gasteiger partial charge in [0, 0.05) is 5.02 Å². The summed E-state index contributed by atoms with van der Waals surface area (Å²) in [5, 5.41) is 10.9. The number of halogens is 1. The SMILES string of the molecule is [O-]c1cccc(Cl)c1. The minimum absolute atomic E-state index is 0.0440. The number of hydrogen-bond donors (Lipinski definition) is 0. The van der Waals surface area contributed by atoms with Gasteiger partial charge >= 0.3 is 0 Å². The largest absolute Gasteiger partial charge is 0.872 e. The monoisotopic (exact) mass is 127 g/mol. The van der Waals surface area contributed by atoms with Gasteiger partial charge in [0.15, 0.2) is 0 Å². The Labute approximate surface area is 52.5 Å². The van der Waals surface area contributed by atoms with Crippen LogP contribution in [0.15, 0.2) is 24.3 Å². The Morgan fingerprint density at radius 1 is 1.38 bits per heavy atom. The molecule has 0 N–H and O–H groups in total. The zero-order valence-corrected chi connectivity index (χ0v) is 4.85. The Morgan fingerprint density at radius 2 is 2.12 bits per heavy atom. The summed E-state index contributed by atoms with van der Waals surface area (Å²) >= 11 is 5.44. The molecule has 0 aliphatic rings. The first-order valence-corrected chi connectivity index (χ1v) is 2.59. The molecule has 2 heteroatoms. The Bertz CT molecular complexity index is 168. The molecule has 0 saturated heterocycles. The van der Waals surface area contributed by atoms with Gasteiger partial charge in [-0.05, 0) is 6.07 Å². The third-order valence-corrected chi connectivity index (χ3v) is 1.03. The Morgan fingerprint density at radius 3 is 2.50 bits per heavy atom. The van der Waals surface area contributed by atoms with Crippen LogP contribution in [0.2, 0.25) is 5.02 Å². The maximum absolute atomic E-state index is 10.4. The van der Waals surface area contributed by atoms with Crippen molar-refractivity contribution in [2.24, 2.45) is 0 Å². The van der Waals surface area contributed by atoms with Crippen molar-refractivity contribution < 1.29 is 5.11 Å². The summed E-state index contributed by atoms with van der Waals surface area (Å²) < 4.78 is 0. The molecule has 0 bridgehead atoms. The molecule has 0 fully saturated rings. The molecule has 42 valence electrons. The van der Waals surface area contributed by atoms with E-state index >= 15 is 0 Å². The Balaban J connectivity index is 3.08. The van der Waals surface area contributed by atoms with Crippen LogP contribution >= 0.6 is 11.6 Å². The van der Waals surface area contributed by atoms with Crippen molar-refractivity contribution in [2.45, 2.75) is 0 Å². The fourth-order valence-electron chi connectivity index (χ4n) is 0.467. The molecule has 0 heterocycles. The van der Waals surface area contributed by atoms with Crippen LogP contribution in [0.1, 0.15) is 0 Å². The smallest absolute Gasteiger partial charge is 0.0399 e. The summed E-state index contributed by atoms with van der Waals surface area (Å²) in [7, 11) is 0. The van der Waals surface area contributed by atoms with Crippen LogP contribution in [0.5, 0.6) is 5.75 Å². The van der Waals surface area contributed by atoms with Gasteiger partial charge in [0.1, 0.15) is 0 Å². The average Bonchev–Trinajstić information content (AvgIpc) is 1.64. The lowest BCUT2D eigenvalue weighted by molar-refractivity contribution is -0.268. The lowest BCUT2D eigenvalue weighted by atomic mass is 10.3. The molecule has 0 spiro atoms. The van der Waals surface area contributed by atoms with Crippen LogP contribution in [-0.4, -0.2) is 0 Å². The summed E-state index contributed by atoms with van der Waals surface area (Å²) in [6, 6.07) is 6.14. The summed E-state index contributed by atoms with van der Waals surface area (Å²) in [5.74, 6) is -0.0440. The lowest BCUT2D eigenvalue weighted by Crippen LogP contribution is -1.86. The van der Waals surface area contributed by atoms with Gasteiger partial charge < -0.3 is 5.11 Å². The van der Waals surface area contributed by atoms with Crippen LogP contribution in [0.4, 0.5) is 0 Å². The van der Waals surface area contributed by atoms with Gasteiger partial charge in [0.2, 0.25) is 0 Å². The van der Waals surface area contributed by atoms with Crippen molar-refractivity contribution in [2.75, 3.05) is 0 Å². The molecule has 0 aromatic heterocycles. The summed E-state index contributed by atoms with van der Waals surface area (Å²) in [6.45, 7) is 0. The van der Waals surface area contributed by atoms with Crippen LogP contribution in [-0.2, 0) is 0 Å². The zero-order valence-electron chi connectivity index (χ0n) is 4.10. The second kappa shape index (κ2) is 2.05. The molecule has 1 nitrogen and oxygen atoms in total. The van der Waals surface area contributed by atoms with Gasteiger partial charge in [0.25, 0.3) is 0 Å². The van der Waals surface area contributed by atoms with E-state index in [1.54, 1.807) is 12.1 Å². The Kier molecular flexibility index (Phi) is 1.40. The van der Waals surface area contributed by atoms with Crippen molar-refractivity contribution in [3.05, 3.63) is 29.3 Å². The van der Waals surface area contributed by atoms with E-state index in [0.29, 0.717) is 5.02 Å². The van der Waals surface area contributed by atoms with Crippen LogP contribution in [0, 0.1) is 0 Å². The third kappa shape index (κ3) is 1.14. The highest BCUT2D eigenvalue weighted by atomic mass is 35.5. The molecule has 0 amide bonds. The van der Waals surface area contributed by atoms with Crippen molar-refractivity contribution in [3.8, 4) is 5.75 Å². The molecule has 1 aromatic rings. The highest BCUT2D eigenvalue weighted by Crippen LogP contribution is 2.11. The van der Waals surface area contributed by atoms with E-state index < -0.39 is 0 Å². The van der Waals surface area contributed by atoms with E-state index in [9.17, 15) is 5.11 Å². The maximum atomic E-state index is 10.4. The fourth-order valence-corrected chi connectivity index (χ4v) is 0.647. The van der Waals surface area contributed by atoms with Gasteiger partial charge in [-0.15, -0.1) is 5.75 Å². The van der Waals surface area contributed by atoms with Gasteiger partial charge in [-0.2, -0.15) is 0 Å². The van der Waals surface area contributed by atoms with Crippen molar-refractivity contribution in [3.63, 3.8) is 0 Å². The lowest BCUT2D eigenvalue weighted by Gasteiger charge is -2.01. The molecule has 0 aliphatic carbocycles. The average molecular weight is 128 g/mol. The highest BCUT2D eigenvalue weighted by molar-refractivity contribution is 6.30. The van der Waals surface area contributed by atoms with E-state index in [4.69, 9.17) is 11.6 Å². The zero-order chi connectivity index (χ0) is 5.98. The van der Waals surface area contributed by atoms with E-state index in [1.165, 1.54) is 12.1 Å². The molecule has 0 aliphatic heterocycles. The molecule has 1 rings (SSSR count). The highest BCUT2D eigenvalue weighted by Gasteiger charge is 1.78. The normalized spacial score (nSPS) is 9.12. The topological polar surface area (TPSA) is 23.1 Å². The van der Waals surface area contributed by atoms with E-state index in [2.05, 4.69) is 0 Å². The quantitative estimate of drug-likeness (QED) is 0.517. The van der Waals surface area contributed by atoms with Crippen LogP contribution in [0.25, 0.3) is 0 Å². The van der Waals surface area contributed by atoms with E-state index in [0.717, 1.165) is 0 Å². The maximum Gasteiger partial charge on any atom is 0.0399 e. The Hall–Kier alpha value is -0.690. The predicted octanol–water partition coefficient (Wildman–Crippen LogP) is 1.41. The first-order valence-electron chi connectivity index (χ1n) is 2.21. The molecule has 1 aromatic carbocycles. The number of rotatable bonds is 0. The van der Waals surface area contributed by atoms with Gasteiger partial charge in [0.05, 0.1) is 0 Å². The molecular formula is C6H4ClO-. The summed E-state index contributed by atoms with van der Waals surface area (Å²) in [4.78, 5) is 0. The van der Waals surface area contributed by atoms with Crippen LogP contribution < -0.4 is 5.11 Å². The minimum atomic E-state index is -0.0440. The first-order chi connectivity index (χ1) is 3.79. The first kappa shape index (κ1) is 5.45. The molecule has 0 atom stereocenters. The van der Waals surface area contributed by atoms with Crippen molar-refractivity contribution in [1.29, 1.82) is 0 Å². The van der Waals surface area contributed by atoms with Crippen molar-refractivity contribution in [1.82, 2.24) is 0 Å². The number of hydrogen-bond acceptors (Lipinski definition) is 1. The summed E-state index contributed by atoms with van der Waals surface area (Å²) in [6.07, 6.45) is 0. The van der Waals surface area contributed by atoms with Gasteiger partial charge in [-0.1, -0.05) is 29.8 Å². The molecule has 0 radical (unpaired) electrons. The fraction of sp³-hybridized carbons (Fsp3) is 0. The standard InChI is InChI=1S/C6H5ClO/c7-5-2-1-3-6(8)4-5/h1-4,8H/p-1. The molecule has 0 unspecified atom stereocenters. The van der Waals surface area contributed by atoms with E-state index in [-0.39, 0.29) is 5.75 Å². The predicted molar refractivity (Wildman–Crippen MR) is 30.9 cm³/mol. The van der Waals surface area contributed by atoms with Gasteiger partial charge in [-0.25, -0.2) is 0 Å². The second-order valence-corrected chi connectivity index (χ2v) is 1.89. The third-order valence-electron chi connectivity index (χ3n) is 0.796. The van der Waals surface area contributed by atoms with Crippen LogP contribution in [0.3, 0.4) is 0 Å². The van der Waals surface area contributed by atoms with Crippen molar-refractivity contribution >= 4 is 11.6 Å². The second-order valence-electron chi connectivity index (χ2n) is 1.46. The molecular weight excluding hydrogens is 124 g/mol. The molecule has 8 heavy (non-hydrogen) atoms. The minimum Gasteiger partial charge on any atom is -0.872 e. The molecule has 0 saturated carbocycles.